The van der Waals surface area contributed by atoms with Crippen molar-refractivity contribution in [2.45, 2.75) is 13.3 Å². The van der Waals surface area contributed by atoms with Gasteiger partial charge in [0.15, 0.2) is 5.78 Å². The molecule has 0 aliphatic carbocycles. The van der Waals surface area contributed by atoms with Crippen molar-refractivity contribution in [2.24, 2.45) is 5.11 Å². The van der Waals surface area contributed by atoms with Crippen LogP contribution in [0.15, 0.2) is 23.3 Å². The van der Waals surface area contributed by atoms with E-state index in [1.54, 1.807) is 6.92 Å². The number of aryl methyl sites for hydroxylation is 1. The zero-order valence-corrected chi connectivity index (χ0v) is 9.16. The topological polar surface area (TPSA) is 109 Å². The summed E-state index contributed by atoms with van der Waals surface area (Å²) in [5.74, 6) is -0.277. The standard InChI is InChI=1S/C10H10N4O3/c1-7-2-3-8(6-9(7)14(16)17)10(15)4-5-12-13-11/h2-3,6H,4-5H2,1H3. The fraction of sp³-hybridized carbons (Fsp3) is 0.300. The number of nitro benzene ring substituents is 1. The Morgan fingerprint density at radius 2 is 2.29 bits per heavy atom. The number of benzene rings is 1. The predicted molar refractivity (Wildman–Crippen MR) is 60.8 cm³/mol. The minimum Gasteiger partial charge on any atom is -0.294 e. The number of Topliss-reactive ketones (excluding diaryl/α,β-unsaturated/α-hetero) is 1. The molecule has 7 heteroatoms. The first kappa shape index (κ1) is 12.7. The number of hydrogen-bond donors (Lipinski definition) is 0. The summed E-state index contributed by atoms with van der Waals surface area (Å²) in [6.07, 6.45) is 0.0459. The smallest absolute Gasteiger partial charge is 0.273 e. The second kappa shape index (κ2) is 5.62. The number of carbonyl (C=O) groups excluding carboxylic acids is 1. The molecule has 0 fully saturated rings. The molecule has 0 saturated carbocycles. The molecule has 0 aliphatic rings. The van der Waals surface area contributed by atoms with Crippen molar-refractivity contribution < 1.29 is 9.72 Å². The first-order valence-corrected chi connectivity index (χ1v) is 4.85. The number of ketones is 1. The molecule has 0 radical (unpaired) electrons. The van der Waals surface area contributed by atoms with E-state index < -0.39 is 4.92 Å². The maximum Gasteiger partial charge on any atom is 0.273 e. The van der Waals surface area contributed by atoms with Crippen LogP contribution in [0.1, 0.15) is 22.3 Å². The van der Waals surface area contributed by atoms with Crippen LogP contribution in [-0.2, 0) is 0 Å². The van der Waals surface area contributed by atoms with Crippen molar-refractivity contribution >= 4 is 11.5 Å². The molecule has 0 saturated heterocycles. The molecule has 0 spiro atoms. The molecule has 0 amide bonds. The van der Waals surface area contributed by atoms with Gasteiger partial charge in [0.1, 0.15) is 0 Å². The van der Waals surface area contributed by atoms with Crippen LogP contribution in [0.5, 0.6) is 0 Å². The Bertz CT molecular complexity index is 506. The van der Waals surface area contributed by atoms with Gasteiger partial charge in [-0.25, -0.2) is 0 Å². The van der Waals surface area contributed by atoms with Gasteiger partial charge in [0.2, 0.25) is 0 Å². The van der Waals surface area contributed by atoms with Crippen LogP contribution in [0, 0.1) is 17.0 Å². The number of hydrogen-bond acceptors (Lipinski definition) is 4. The maximum absolute atomic E-state index is 11.6. The van der Waals surface area contributed by atoms with Crippen LogP contribution in [0.2, 0.25) is 0 Å². The third kappa shape index (κ3) is 3.29. The molecule has 0 N–H and O–H groups in total. The lowest BCUT2D eigenvalue weighted by Crippen LogP contribution is -2.02. The molecule has 0 atom stereocenters. The van der Waals surface area contributed by atoms with E-state index in [-0.39, 0.29) is 30.0 Å². The molecule has 17 heavy (non-hydrogen) atoms. The molecule has 1 aromatic carbocycles. The Kier molecular flexibility index (Phi) is 4.19. The zero-order chi connectivity index (χ0) is 12.8. The third-order valence-electron chi connectivity index (χ3n) is 2.23. The second-order valence-electron chi connectivity index (χ2n) is 3.39. The van der Waals surface area contributed by atoms with Gasteiger partial charge >= 0.3 is 0 Å². The molecule has 0 bridgehead atoms. The highest BCUT2D eigenvalue weighted by Gasteiger charge is 2.14. The van der Waals surface area contributed by atoms with Gasteiger partial charge < -0.3 is 0 Å². The van der Waals surface area contributed by atoms with Crippen molar-refractivity contribution in [3.05, 3.63) is 49.9 Å². The van der Waals surface area contributed by atoms with Crippen molar-refractivity contribution in [3.8, 4) is 0 Å². The summed E-state index contributed by atoms with van der Waals surface area (Å²) in [5.41, 5.74) is 8.74. The van der Waals surface area contributed by atoms with Gasteiger partial charge in [-0.3, -0.25) is 14.9 Å². The lowest BCUT2D eigenvalue weighted by atomic mass is 10.0. The van der Waals surface area contributed by atoms with E-state index >= 15 is 0 Å². The zero-order valence-electron chi connectivity index (χ0n) is 9.16. The van der Waals surface area contributed by atoms with Crippen LogP contribution >= 0.6 is 0 Å². The Labute approximate surface area is 96.8 Å². The van der Waals surface area contributed by atoms with Crippen molar-refractivity contribution in [1.82, 2.24) is 0 Å². The minimum absolute atomic E-state index is 0.0459. The second-order valence-corrected chi connectivity index (χ2v) is 3.39. The number of nitrogens with zero attached hydrogens (tertiary/aromatic N) is 4. The van der Waals surface area contributed by atoms with Crippen LogP contribution in [-0.4, -0.2) is 17.3 Å². The SMILES string of the molecule is Cc1ccc(C(=O)CCN=[N+]=[N-])cc1[N+](=O)[O-]. The van der Waals surface area contributed by atoms with E-state index in [4.69, 9.17) is 5.53 Å². The fourth-order valence-corrected chi connectivity index (χ4v) is 1.32. The Morgan fingerprint density at radius 3 is 2.88 bits per heavy atom. The van der Waals surface area contributed by atoms with Gasteiger partial charge in [-0.2, -0.15) is 0 Å². The summed E-state index contributed by atoms with van der Waals surface area (Å²) in [4.78, 5) is 24.3. The molecule has 0 unspecified atom stereocenters. The van der Waals surface area contributed by atoms with E-state index in [9.17, 15) is 14.9 Å². The lowest BCUT2D eigenvalue weighted by Gasteiger charge is -2.01. The van der Waals surface area contributed by atoms with Crippen LogP contribution in [0.25, 0.3) is 10.4 Å². The van der Waals surface area contributed by atoms with Gasteiger partial charge in [0.25, 0.3) is 5.69 Å². The predicted octanol–water partition coefficient (Wildman–Crippen LogP) is 2.79. The Morgan fingerprint density at radius 1 is 1.59 bits per heavy atom. The van der Waals surface area contributed by atoms with Crippen LogP contribution < -0.4 is 0 Å². The van der Waals surface area contributed by atoms with Crippen molar-refractivity contribution in [2.75, 3.05) is 6.54 Å². The lowest BCUT2D eigenvalue weighted by molar-refractivity contribution is -0.385. The van der Waals surface area contributed by atoms with Crippen LogP contribution in [0.3, 0.4) is 0 Å². The normalized spacial score (nSPS) is 9.47. The van der Waals surface area contributed by atoms with Gasteiger partial charge in [-0.05, 0) is 12.5 Å². The molecule has 1 aromatic rings. The van der Waals surface area contributed by atoms with Gasteiger partial charge in [0, 0.05) is 35.1 Å². The number of carbonyl (C=O) groups is 1. The largest absolute Gasteiger partial charge is 0.294 e. The molecule has 7 nitrogen and oxygen atoms in total. The highest BCUT2D eigenvalue weighted by molar-refractivity contribution is 5.96. The van der Waals surface area contributed by atoms with E-state index in [2.05, 4.69) is 10.0 Å². The molecule has 1 rings (SSSR count). The van der Waals surface area contributed by atoms with Gasteiger partial charge in [-0.15, -0.1) is 0 Å². The summed E-state index contributed by atoms with van der Waals surface area (Å²) < 4.78 is 0. The Balaban J connectivity index is 2.91. The average molecular weight is 234 g/mol. The maximum atomic E-state index is 11.6. The highest BCUT2D eigenvalue weighted by atomic mass is 16.6. The fourth-order valence-electron chi connectivity index (χ4n) is 1.32. The van der Waals surface area contributed by atoms with E-state index in [1.807, 2.05) is 0 Å². The van der Waals surface area contributed by atoms with Crippen molar-refractivity contribution in [3.63, 3.8) is 0 Å². The molecule has 0 aromatic heterocycles. The summed E-state index contributed by atoms with van der Waals surface area (Å²) >= 11 is 0. The third-order valence-corrected chi connectivity index (χ3v) is 2.23. The first-order valence-electron chi connectivity index (χ1n) is 4.85. The molecule has 0 aliphatic heterocycles. The van der Waals surface area contributed by atoms with E-state index in [1.165, 1.54) is 18.2 Å². The Hall–Kier alpha value is -2.40. The number of nitro groups is 1. The summed E-state index contributed by atoms with van der Waals surface area (Å²) in [6.45, 7) is 1.66. The van der Waals surface area contributed by atoms with E-state index in [0.29, 0.717) is 5.56 Å². The van der Waals surface area contributed by atoms with Crippen molar-refractivity contribution in [1.29, 1.82) is 0 Å². The van der Waals surface area contributed by atoms with Gasteiger partial charge in [-0.1, -0.05) is 17.2 Å². The first-order chi connectivity index (χ1) is 8.06. The minimum atomic E-state index is -0.528. The molecule has 0 heterocycles. The number of azide groups is 1. The summed E-state index contributed by atoms with van der Waals surface area (Å²) in [7, 11) is 0. The molecular formula is C10H10N4O3. The van der Waals surface area contributed by atoms with E-state index in [0.717, 1.165) is 0 Å². The monoisotopic (exact) mass is 234 g/mol. The quantitative estimate of drug-likeness (QED) is 0.195. The number of rotatable bonds is 5. The molecule has 88 valence electrons. The van der Waals surface area contributed by atoms with Crippen LogP contribution in [0.4, 0.5) is 5.69 Å². The molecular weight excluding hydrogens is 224 g/mol. The highest BCUT2D eigenvalue weighted by Crippen LogP contribution is 2.20. The van der Waals surface area contributed by atoms with Gasteiger partial charge in [0.05, 0.1) is 4.92 Å². The average Bonchev–Trinajstić information content (AvgIpc) is 2.29. The summed E-state index contributed by atoms with van der Waals surface area (Å²) in [5, 5.41) is 13.9. The summed E-state index contributed by atoms with van der Waals surface area (Å²) in [6, 6.07) is 4.30.